The first-order chi connectivity index (χ1) is 12.0. The van der Waals surface area contributed by atoms with Crippen molar-refractivity contribution in [3.05, 3.63) is 72.1 Å². The number of carbonyl (C=O) groups is 1. The molecule has 0 aliphatic carbocycles. The average Bonchev–Trinajstić information content (AvgIpc) is 3.01. The molecule has 0 unspecified atom stereocenters. The van der Waals surface area contributed by atoms with Crippen LogP contribution in [0.15, 0.2) is 60.8 Å². The maximum Gasteiger partial charge on any atom is 0.387 e. The zero-order chi connectivity index (χ0) is 17.8. The van der Waals surface area contributed by atoms with E-state index in [1.54, 1.807) is 23.0 Å². The van der Waals surface area contributed by atoms with E-state index in [1.807, 2.05) is 25.1 Å². The normalized spacial score (nSPS) is 10.7. The molecule has 0 atom stereocenters. The van der Waals surface area contributed by atoms with Gasteiger partial charge in [-0.1, -0.05) is 6.07 Å². The first-order valence-electron chi connectivity index (χ1n) is 7.50. The minimum Gasteiger partial charge on any atom is -0.435 e. The van der Waals surface area contributed by atoms with Crippen molar-refractivity contribution in [2.45, 2.75) is 13.5 Å². The summed E-state index contributed by atoms with van der Waals surface area (Å²) in [4.78, 5) is 12.3. The number of alkyl halides is 2. The predicted molar refractivity (Wildman–Crippen MR) is 89.3 cm³/mol. The lowest BCUT2D eigenvalue weighted by molar-refractivity contribution is -0.0498. The van der Waals surface area contributed by atoms with E-state index >= 15 is 0 Å². The number of nitrogens with zero attached hydrogens (tertiary/aromatic N) is 2. The molecule has 1 amide bonds. The van der Waals surface area contributed by atoms with Crippen LogP contribution in [0, 0.1) is 6.92 Å². The van der Waals surface area contributed by atoms with Crippen LogP contribution in [0.3, 0.4) is 0 Å². The molecule has 0 fully saturated rings. The van der Waals surface area contributed by atoms with Crippen molar-refractivity contribution in [2.75, 3.05) is 5.32 Å². The molecule has 0 bridgehead atoms. The quantitative estimate of drug-likeness (QED) is 0.761. The van der Waals surface area contributed by atoms with Crippen molar-refractivity contribution in [1.29, 1.82) is 0 Å². The predicted octanol–water partition coefficient (Wildman–Crippen LogP) is 4.03. The fraction of sp³-hybridized carbons (Fsp3) is 0.111. The highest BCUT2D eigenvalue weighted by molar-refractivity contribution is 6.04. The summed E-state index contributed by atoms with van der Waals surface area (Å²) in [5, 5.41) is 7.00. The van der Waals surface area contributed by atoms with Crippen LogP contribution in [-0.2, 0) is 0 Å². The molecular weight excluding hydrogens is 328 g/mol. The molecule has 1 heterocycles. The fourth-order valence-corrected chi connectivity index (χ4v) is 2.35. The van der Waals surface area contributed by atoms with Gasteiger partial charge in [-0.25, -0.2) is 4.68 Å². The maximum atomic E-state index is 12.3. The number of benzene rings is 2. The van der Waals surface area contributed by atoms with Gasteiger partial charge >= 0.3 is 6.61 Å². The Hall–Kier alpha value is -3.22. The maximum absolute atomic E-state index is 12.3. The molecule has 7 heteroatoms. The van der Waals surface area contributed by atoms with E-state index in [0.717, 1.165) is 11.4 Å². The summed E-state index contributed by atoms with van der Waals surface area (Å²) in [6, 6.07) is 14.6. The highest BCUT2D eigenvalue weighted by Crippen LogP contribution is 2.18. The molecule has 1 aromatic heterocycles. The van der Waals surface area contributed by atoms with Gasteiger partial charge in [0.2, 0.25) is 0 Å². The Kier molecular flexibility index (Phi) is 4.74. The van der Waals surface area contributed by atoms with E-state index in [2.05, 4.69) is 15.2 Å². The Bertz CT molecular complexity index is 876. The zero-order valence-electron chi connectivity index (χ0n) is 13.3. The first-order valence-corrected chi connectivity index (χ1v) is 7.50. The van der Waals surface area contributed by atoms with Gasteiger partial charge in [0, 0.05) is 23.1 Å². The van der Waals surface area contributed by atoms with E-state index in [-0.39, 0.29) is 11.7 Å². The molecule has 0 spiro atoms. The summed E-state index contributed by atoms with van der Waals surface area (Å²) in [5.41, 5.74) is 2.73. The van der Waals surface area contributed by atoms with Crippen molar-refractivity contribution in [2.24, 2.45) is 0 Å². The van der Waals surface area contributed by atoms with E-state index in [9.17, 15) is 13.6 Å². The fourth-order valence-electron chi connectivity index (χ4n) is 2.35. The van der Waals surface area contributed by atoms with Crippen molar-refractivity contribution in [3.63, 3.8) is 0 Å². The van der Waals surface area contributed by atoms with Crippen LogP contribution in [0.25, 0.3) is 5.69 Å². The number of hydrogen-bond acceptors (Lipinski definition) is 3. The van der Waals surface area contributed by atoms with Crippen molar-refractivity contribution in [1.82, 2.24) is 9.78 Å². The number of carbonyl (C=O) groups excluding carboxylic acids is 1. The summed E-state index contributed by atoms with van der Waals surface area (Å²) in [7, 11) is 0. The minimum atomic E-state index is -2.90. The monoisotopic (exact) mass is 343 g/mol. The Balaban J connectivity index is 1.74. The molecule has 2 aromatic carbocycles. The van der Waals surface area contributed by atoms with Gasteiger partial charge in [0.15, 0.2) is 0 Å². The van der Waals surface area contributed by atoms with Crippen LogP contribution in [0.2, 0.25) is 0 Å². The first kappa shape index (κ1) is 16.6. The number of ether oxygens (including phenoxy) is 1. The largest absolute Gasteiger partial charge is 0.435 e. The Morgan fingerprint density at radius 2 is 1.92 bits per heavy atom. The molecule has 25 heavy (non-hydrogen) atoms. The summed E-state index contributed by atoms with van der Waals surface area (Å²) >= 11 is 0. The SMILES string of the molecule is Cc1ccnn1-c1cccc(NC(=O)c2ccc(OC(F)F)cc2)c1. The molecule has 1 N–H and O–H groups in total. The second-order valence-electron chi connectivity index (χ2n) is 5.29. The molecular formula is C18H15F2N3O2. The topological polar surface area (TPSA) is 56.2 Å². The summed E-state index contributed by atoms with van der Waals surface area (Å²) in [6.45, 7) is -0.963. The number of rotatable bonds is 5. The highest BCUT2D eigenvalue weighted by atomic mass is 19.3. The second kappa shape index (κ2) is 7.12. The highest BCUT2D eigenvalue weighted by Gasteiger charge is 2.09. The lowest BCUT2D eigenvalue weighted by atomic mass is 10.2. The van der Waals surface area contributed by atoms with Crippen LogP contribution in [0.4, 0.5) is 14.5 Å². The number of anilines is 1. The number of amides is 1. The molecule has 3 aromatic rings. The van der Waals surface area contributed by atoms with Crippen LogP contribution >= 0.6 is 0 Å². The van der Waals surface area contributed by atoms with Crippen LogP contribution < -0.4 is 10.1 Å². The summed E-state index contributed by atoms with van der Waals surface area (Å²) < 4.78 is 30.3. The number of nitrogens with one attached hydrogen (secondary N) is 1. The molecule has 5 nitrogen and oxygen atoms in total. The molecule has 3 rings (SSSR count). The lowest BCUT2D eigenvalue weighted by Crippen LogP contribution is -2.12. The Morgan fingerprint density at radius 1 is 1.16 bits per heavy atom. The van der Waals surface area contributed by atoms with Gasteiger partial charge < -0.3 is 10.1 Å². The molecule has 0 aliphatic rings. The van der Waals surface area contributed by atoms with E-state index in [0.29, 0.717) is 11.3 Å². The molecule has 0 saturated heterocycles. The van der Waals surface area contributed by atoms with Crippen molar-refractivity contribution >= 4 is 11.6 Å². The number of hydrogen-bond donors (Lipinski definition) is 1. The molecule has 0 saturated carbocycles. The molecule has 0 radical (unpaired) electrons. The van der Waals surface area contributed by atoms with Gasteiger partial charge in [-0.05, 0) is 55.5 Å². The minimum absolute atomic E-state index is 0.00250. The second-order valence-corrected chi connectivity index (χ2v) is 5.29. The molecule has 128 valence electrons. The van der Waals surface area contributed by atoms with Gasteiger partial charge in [-0.3, -0.25) is 4.79 Å². The van der Waals surface area contributed by atoms with Gasteiger partial charge in [-0.2, -0.15) is 13.9 Å². The number of aromatic nitrogens is 2. The van der Waals surface area contributed by atoms with Gasteiger partial charge in [0.1, 0.15) is 5.75 Å². The average molecular weight is 343 g/mol. The number of halogens is 2. The third kappa shape index (κ3) is 4.00. The molecule has 0 aliphatic heterocycles. The summed E-state index contributed by atoms with van der Waals surface area (Å²) in [5.74, 6) is -0.347. The van der Waals surface area contributed by atoms with Crippen LogP contribution in [0.5, 0.6) is 5.75 Å². The van der Waals surface area contributed by atoms with Crippen LogP contribution in [-0.4, -0.2) is 22.3 Å². The van der Waals surface area contributed by atoms with Crippen molar-refractivity contribution < 1.29 is 18.3 Å². The third-order valence-corrected chi connectivity index (χ3v) is 3.52. The third-order valence-electron chi connectivity index (χ3n) is 3.52. The number of aryl methyl sites for hydroxylation is 1. The summed E-state index contributed by atoms with van der Waals surface area (Å²) in [6.07, 6.45) is 1.70. The van der Waals surface area contributed by atoms with E-state index in [4.69, 9.17) is 0 Å². The van der Waals surface area contributed by atoms with Crippen LogP contribution in [0.1, 0.15) is 16.1 Å². The van der Waals surface area contributed by atoms with Gasteiger partial charge in [0.05, 0.1) is 5.69 Å². The Morgan fingerprint density at radius 3 is 2.56 bits per heavy atom. The van der Waals surface area contributed by atoms with E-state index < -0.39 is 6.61 Å². The standard InChI is InChI=1S/C18H15F2N3O2/c1-12-9-10-21-23(12)15-4-2-3-14(11-15)22-17(24)13-5-7-16(8-6-13)25-18(19)20/h2-11,18H,1H3,(H,22,24). The van der Waals surface area contributed by atoms with Gasteiger partial charge in [0.25, 0.3) is 5.91 Å². The van der Waals surface area contributed by atoms with E-state index in [1.165, 1.54) is 24.3 Å². The smallest absolute Gasteiger partial charge is 0.387 e. The van der Waals surface area contributed by atoms with Gasteiger partial charge in [-0.15, -0.1) is 0 Å². The lowest BCUT2D eigenvalue weighted by Gasteiger charge is -2.09. The Labute approximate surface area is 142 Å². The van der Waals surface area contributed by atoms with Crippen molar-refractivity contribution in [3.8, 4) is 11.4 Å². The zero-order valence-corrected chi connectivity index (χ0v) is 13.3.